The van der Waals surface area contributed by atoms with Crippen LogP contribution in [0, 0.1) is 5.82 Å². The Morgan fingerprint density at radius 2 is 2.17 bits per heavy atom. The monoisotopic (exact) mass is 250 g/mol. The van der Waals surface area contributed by atoms with Gasteiger partial charge in [0.05, 0.1) is 0 Å². The number of carbonyl (C=O) groups excluding carboxylic acids is 2. The molecule has 2 amide bonds. The summed E-state index contributed by atoms with van der Waals surface area (Å²) in [4.78, 5) is 24.6. The van der Waals surface area contributed by atoms with Crippen LogP contribution in [0.25, 0.3) is 0 Å². The maximum absolute atomic E-state index is 12.9. The van der Waals surface area contributed by atoms with E-state index in [-0.39, 0.29) is 24.4 Å². The van der Waals surface area contributed by atoms with Crippen LogP contribution in [0.15, 0.2) is 24.3 Å². The van der Waals surface area contributed by atoms with E-state index in [0.717, 1.165) is 12.8 Å². The highest BCUT2D eigenvalue weighted by atomic mass is 19.1. The summed E-state index contributed by atoms with van der Waals surface area (Å²) in [5, 5.41) is 2.58. The second kappa shape index (κ2) is 5.16. The molecule has 1 aromatic rings. The molecule has 0 unspecified atom stereocenters. The largest absolute Gasteiger partial charge is 0.331 e. The number of hydrogen-bond donors (Lipinski definition) is 1. The van der Waals surface area contributed by atoms with Crippen molar-refractivity contribution in [1.29, 1.82) is 0 Å². The lowest BCUT2D eigenvalue weighted by Gasteiger charge is -2.19. The molecule has 0 atom stereocenters. The summed E-state index contributed by atoms with van der Waals surface area (Å²) in [7, 11) is 0. The predicted octanol–water partition coefficient (Wildman–Crippen LogP) is 1.78. The number of carbonyl (C=O) groups is 2. The van der Waals surface area contributed by atoms with E-state index in [2.05, 4.69) is 5.32 Å². The van der Waals surface area contributed by atoms with E-state index in [1.165, 1.54) is 25.1 Å². The fraction of sp³-hybridized carbons (Fsp3) is 0.385. The average molecular weight is 250 g/mol. The average Bonchev–Trinajstić information content (AvgIpc) is 3.09. The molecule has 0 aromatic heterocycles. The van der Waals surface area contributed by atoms with Gasteiger partial charge in [0.2, 0.25) is 11.8 Å². The van der Waals surface area contributed by atoms with E-state index < -0.39 is 5.82 Å². The van der Waals surface area contributed by atoms with Gasteiger partial charge < -0.3 is 10.2 Å². The van der Waals surface area contributed by atoms with Crippen LogP contribution in [0.1, 0.15) is 19.8 Å². The second-order valence-electron chi connectivity index (χ2n) is 4.44. The lowest BCUT2D eigenvalue weighted by molar-refractivity contribution is -0.133. The third-order valence-corrected chi connectivity index (χ3v) is 2.81. The molecule has 0 bridgehead atoms. The first kappa shape index (κ1) is 12.5. The lowest BCUT2D eigenvalue weighted by Crippen LogP contribution is -2.38. The van der Waals surface area contributed by atoms with Gasteiger partial charge in [-0.2, -0.15) is 0 Å². The van der Waals surface area contributed by atoms with E-state index in [1.807, 2.05) is 0 Å². The number of halogens is 1. The first-order chi connectivity index (χ1) is 8.56. The molecule has 0 aliphatic heterocycles. The first-order valence-corrected chi connectivity index (χ1v) is 5.89. The van der Waals surface area contributed by atoms with Gasteiger partial charge in [-0.05, 0) is 31.0 Å². The van der Waals surface area contributed by atoms with Crippen molar-refractivity contribution in [3.8, 4) is 0 Å². The number of nitrogens with one attached hydrogen (secondary N) is 1. The molecule has 0 spiro atoms. The van der Waals surface area contributed by atoms with Crippen LogP contribution in [-0.4, -0.2) is 29.3 Å². The molecule has 1 saturated carbocycles. The Bertz CT molecular complexity index is 472. The Hall–Kier alpha value is -1.91. The van der Waals surface area contributed by atoms with Crippen LogP contribution in [0.5, 0.6) is 0 Å². The van der Waals surface area contributed by atoms with Gasteiger partial charge in [-0.3, -0.25) is 9.59 Å². The van der Waals surface area contributed by atoms with Crippen molar-refractivity contribution in [2.24, 2.45) is 0 Å². The van der Waals surface area contributed by atoms with Crippen molar-refractivity contribution in [3.63, 3.8) is 0 Å². The van der Waals surface area contributed by atoms with E-state index >= 15 is 0 Å². The Morgan fingerprint density at radius 3 is 2.72 bits per heavy atom. The number of nitrogens with zero attached hydrogens (tertiary/aromatic N) is 1. The van der Waals surface area contributed by atoms with Gasteiger partial charge in [0.25, 0.3) is 0 Å². The van der Waals surface area contributed by atoms with E-state index in [0.29, 0.717) is 5.69 Å². The quantitative estimate of drug-likeness (QED) is 0.885. The number of hydrogen-bond acceptors (Lipinski definition) is 2. The number of benzene rings is 1. The zero-order valence-corrected chi connectivity index (χ0v) is 10.1. The maximum Gasteiger partial charge on any atom is 0.244 e. The standard InChI is InChI=1S/C13H15FN2O2/c1-9(17)16(12-5-6-12)8-13(18)15-11-4-2-3-10(14)7-11/h2-4,7,12H,5-6,8H2,1H3,(H,15,18). The molecule has 0 heterocycles. The first-order valence-electron chi connectivity index (χ1n) is 5.89. The summed E-state index contributed by atoms with van der Waals surface area (Å²) >= 11 is 0. The summed E-state index contributed by atoms with van der Waals surface area (Å²) in [6, 6.07) is 5.88. The third-order valence-electron chi connectivity index (χ3n) is 2.81. The van der Waals surface area contributed by atoms with Crippen molar-refractivity contribution >= 4 is 17.5 Å². The molecule has 4 nitrogen and oxygen atoms in total. The third kappa shape index (κ3) is 3.29. The van der Waals surface area contributed by atoms with Crippen LogP contribution >= 0.6 is 0 Å². The van der Waals surface area contributed by atoms with Crippen LogP contribution in [-0.2, 0) is 9.59 Å². The van der Waals surface area contributed by atoms with Gasteiger partial charge in [-0.1, -0.05) is 6.07 Å². The van der Waals surface area contributed by atoms with E-state index in [9.17, 15) is 14.0 Å². The van der Waals surface area contributed by atoms with Crippen molar-refractivity contribution in [2.45, 2.75) is 25.8 Å². The topological polar surface area (TPSA) is 49.4 Å². The fourth-order valence-electron chi connectivity index (χ4n) is 1.81. The highest BCUT2D eigenvalue weighted by Crippen LogP contribution is 2.26. The van der Waals surface area contributed by atoms with Crippen molar-refractivity contribution in [1.82, 2.24) is 4.90 Å². The van der Waals surface area contributed by atoms with Crippen molar-refractivity contribution in [2.75, 3.05) is 11.9 Å². The zero-order valence-electron chi connectivity index (χ0n) is 10.1. The van der Waals surface area contributed by atoms with Crippen LogP contribution in [0.3, 0.4) is 0 Å². The molecule has 1 aromatic carbocycles. The Kier molecular flexibility index (Phi) is 3.60. The summed E-state index contributed by atoms with van der Waals surface area (Å²) in [5.74, 6) is -0.812. The maximum atomic E-state index is 12.9. The number of rotatable bonds is 4. The van der Waals surface area contributed by atoms with Crippen molar-refractivity contribution in [3.05, 3.63) is 30.1 Å². The van der Waals surface area contributed by atoms with Crippen LogP contribution < -0.4 is 5.32 Å². The predicted molar refractivity (Wildman–Crippen MR) is 65.4 cm³/mol. The van der Waals surface area contributed by atoms with Gasteiger partial charge >= 0.3 is 0 Å². The molecule has 5 heteroatoms. The summed E-state index contributed by atoms with van der Waals surface area (Å²) in [6.07, 6.45) is 1.90. The molecule has 1 aliphatic carbocycles. The zero-order chi connectivity index (χ0) is 13.1. The molecular formula is C13H15FN2O2. The Morgan fingerprint density at radius 1 is 1.44 bits per heavy atom. The molecule has 1 fully saturated rings. The molecular weight excluding hydrogens is 235 g/mol. The van der Waals surface area contributed by atoms with Gasteiger partial charge in [0.15, 0.2) is 0 Å². The summed E-state index contributed by atoms with van der Waals surface area (Å²) in [6.45, 7) is 1.48. The van der Waals surface area contributed by atoms with Crippen molar-refractivity contribution < 1.29 is 14.0 Å². The minimum atomic E-state index is -0.404. The smallest absolute Gasteiger partial charge is 0.244 e. The molecule has 96 valence electrons. The Balaban J connectivity index is 1.93. The fourth-order valence-corrected chi connectivity index (χ4v) is 1.81. The second-order valence-corrected chi connectivity index (χ2v) is 4.44. The summed E-state index contributed by atoms with van der Waals surface area (Å²) in [5.41, 5.74) is 0.402. The van der Waals surface area contributed by atoms with Crippen LogP contribution in [0.2, 0.25) is 0 Å². The highest BCUT2D eigenvalue weighted by Gasteiger charge is 2.31. The van der Waals surface area contributed by atoms with E-state index in [1.54, 1.807) is 11.0 Å². The molecule has 0 radical (unpaired) electrons. The highest BCUT2D eigenvalue weighted by molar-refractivity contribution is 5.94. The molecule has 2 rings (SSSR count). The lowest BCUT2D eigenvalue weighted by atomic mass is 10.3. The normalized spacial score (nSPS) is 14.1. The Labute approximate surface area is 105 Å². The molecule has 0 saturated heterocycles. The SMILES string of the molecule is CC(=O)N(CC(=O)Nc1cccc(F)c1)C1CC1. The van der Waals surface area contributed by atoms with Gasteiger partial charge in [-0.15, -0.1) is 0 Å². The molecule has 18 heavy (non-hydrogen) atoms. The minimum absolute atomic E-state index is 0.0243. The molecule has 1 N–H and O–H groups in total. The van der Waals surface area contributed by atoms with Crippen LogP contribution in [0.4, 0.5) is 10.1 Å². The van der Waals surface area contributed by atoms with E-state index in [4.69, 9.17) is 0 Å². The van der Waals surface area contributed by atoms with Gasteiger partial charge in [-0.25, -0.2) is 4.39 Å². The molecule has 1 aliphatic rings. The van der Waals surface area contributed by atoms with Gasteiger partial charge in [0, 0.05) is 18.7 Å². The summed E-state index contributed by atoms with van der Waals surface area (Å²) < 4.78 is 12.9. The number of anilines is 1. The number of amides is 2. The van der Waals surface area contributed by atoms with Gasteiger partial charge in [0.1, 0.15) is 12.4 Å². The minimum Gasteiger partial charge on any atom is -0.331 e.